The molecule has 6 aromatic carbocycles. The van der Waals surface area contributed by atoms with Crippen molar-refractivity contribution in [2.75, 3.05) is 0 Å². The number of fused-ring (bicyclic) bond motifs is 3. The van der Waals surface area contributed by atoms with E-state index in [0.717, 1.165) is 76.5 Å². The highest BCUT2D eigenvalue weighted by Crippen LogP contribution is 2.39. The summed E-state index contributed by atoms with van der Waals surface area (Å²) in [6.45, 7) is 0. The second-order valence-electron chi connectivity index (χ2n) is 13.3. The average molecular weight is 722 g/mol. The number of benzene rings is 6. The molecule has 4 aromatic heterocycles. The minimum absolute atomic E-state index is 0.664. The fourth-order valence-electron chi connectivity index (χ4n) is 6.97. The van der Waals surface area contributed by atoms with Gasteiger partial charge in [0, 0.05) is 39.4 Å². The summed E-state index contributed by atoms with van der Waals surface area (Å²) in [5, 5.41) is 1.03. The van der Waals surface area contributed by atoms with E-state index in [-0.39, 0.29) is 0 Å². The highest BCUT2D eigenvalue weighted by molar-refractivity contribution is 7.25. The van der Waals surface area contributed by atoms with Crippen molar-refractivity contribution in [1.82, 2.24) is 24.9 Å². The van der Waals surface area contributed by atoms with Gasteiger partial charge >= 0.3 is 0 Å². The number of hydrogen-bond acceptors (Lipinski definition) is 6. The van der Waals surface area contributed by atoms with Gasteiger partial charge in [0.05, 0.1) is 27.3 Å². The van der Waals surface area contributed by atoms with Gasteiger partial charge in [0.1, 0.15) is 4.83 Å². The van der Waals surface area contributed by atoms with Crippen molar-refractivity contribution < 1.29 is 0 Å². The average Bonchev–Trinajstić information content (AvgIpc) is 3.66. The minimum Gasteiger partial charge on any atom is -0.245 e. The maximum Gasteiger partial charge on any atom is 0.160 e. The van der Waals surface area contributed by atoms with Gasteiger partial charge in [-0.1, -0.05) is 164 Å². The first kappa shape index (κ1) is 32.5. The fraction of sp³-hybridized carbons (Fsp3) is 0. The molecule has 0 aliphatic carbocycles. The first-order chi connectivity index (χ1) is 27.2. The number of rotatable bonds is 7. The van der Waals surface area contributed by atoms with Crippen LogP contribution in [0.2, 0.25) is 0 Å². The lowest BCUT2D eigenvalue weighted by molar-refractivity contribution is 1.18. The van der Waals surface area contributed by atoms with Gasteiger partial charge in [0.15, 0.2) is 11.6 Å². The maximum atomic E-state index is 5.22. The summed E-state index contributed by atoms with van der Waals surface area (Å²) in [6, 6.07) is 62.7. The molecule has 6 heteroatoms. The summed E-state index contributed by atoms with van der Waals surface area (Å²) in [4.78, 5) is 26.1. The Morgan fingerprint density at radius 2 is 0.782 bits per heavy atom. The molecule has 0 saturated heterocycles. The zero-order valence-corrected chi connectivity index (χ0v) is 30.4. The molecule has 0 aliphatic rings. The second kappa shape index (κ2) is 14.0. The number of hydrogen-bond donors (Lipinski definition) is 0. The van der Waals surface area contributed by atoms with E-state index in [4.69, 9.17) is 19.9 Å². The van der Waals surface area contributed by atoms with Crippen LogP contribution in [-0.4, -0.2) is 24.9 Å². The summed E-state index contributed by atoms with van der Waals surface area (Å²) in [5.41, 5.74) is 13.1. The molecule has 5 nitrogen and oxygen atoms in total. The van der Waals surface area contributed by atoms with Crippen molar-refractivity contribution >= 4 is 31.8 Å². The van der Waals surface area contributed by atoms with Crippen molar-refractivity contribution in [3.05, 3.63) is 188 Å². The predicted octanol–water partition coefficient (Wildman–Crippen LogP) is 12.7. The maximum absolute atomic E-state index is 5.22. The van der Waals surface area contributed by atoms with Gasteiger partial charge in [-0.25, -0.2) is 24.9 Å². The molecule has 0 fully saturated rings. The molecule has 258 valence electrons. The summed E-state index contributed by atoms with van der Waals surface area (Å²) >= 11 is 1.64. The molecule has 4 heterocycles. The van der Waals surface area contributed by atoms with Crippen LogP contribution in [-0.2, 0) is 0 Å². The Kier molecular flexibility index (Phi) is 8.28. The molecule has 0 atom stereocenters. The number of nitrogens with zero attached hydrogens (tertiary/aromatic N) is 5. The summed E-state index contributed by atoms with van der Waals surface area (Å²) in [5.74, 6) is 1.34. The molecular weight excluding hydrogens is 691 g/mol. The molecular formula is C49H31N5S. The molecule has 0 N–H and O–H groups in total. The van der Waals surface area contributed by atoms with E-state index in [1.807, 2.05) is 42.6 Å². The van der Waals surface area contributed by atoms with E-state index >= 15 is 0 Å². The zero-order chi connectivity index (χ0) is 36.6. The molecule has 10 rings (SSSR count). The van der Waals surface area contributed by atoms with Gasteiger partial charge in [-0.2, -0.15) is 0 Å². The smallest absolute Gasteiger partial charge is 0.160 e. The predicted molar refractivity (Wildman–Crippen MR) is 226 cm³/mol. The number of aromatic nitrogens is 5. The van der Waals surface area contributed by atoms with E-state index in [0.29, 0.717) is 11.6 Å². The molecule has 0 amide bonds. The second-order valence-corrected chi connectivity index (χ2v) is 14.3. The number of pyridine rings is 1. The van der Waals surface area contributed by atoms with Crippen molar-refractivity contribution in [2.45, 2.75) is 0 Å². The Balaban J connectivity index is 1.04. The van der Waals surface area contributed by atoms with Crippen LogP contribution in [0.4, 0.5) is 0 Å². The number of thiophene rings is 1. The van der Waals surface area contributed by atoms with E-state index in [1.54, 1.807) is 11.3 Å². The third-order valence-electron chi connectivity index (χ3n) is 9.84. The van der Waals surface area contributed by atoms with Crippen molar-refractivity contribution in [1.29, 1.82) is 0 Å². The summed E-state index contributed by atoms with van der Waals surface area (Å²) in [7, 11) is 0. The van der Waals surface area contributed by atoms with E-state index < -0.39 is 0 Å². The zero-order valence-electron chi connectivity index (χ0n) is 29.5. The Morgan fingerprint density at radius 1 is 0.345 bits per heavy atom. The van der Waals surface area contributed by atoms with Gasteiger partial charge in [-0.15, -0.1) is 11.3 Å². The highest BCUT2D eigenvalue weighted by Gasteiger charge is 2.18. The molecule has 0 bridgehead atoms. The lowest BCUT2D eigenvalue weighted by Gasteiger charge is -2.11. The van der Waals surface area contributed by atoms with E-state index in [1.165, 1.54) is 11.1 Å². The van der Waals surface area contributed by atoms with E-state index in [2.05, 4.69) is 151 Å². The van der Waals surface area contributed by atoms with Gasteiger partial charge < -0.3 is 0 Å². The highest BCUT2D eigenvalue weighted by atomic mass is 32.1. The normalized spacial score (nSPS) is 11.3. The van der Waals surface area contributed by atoms with Gasteiger partial charge in [-0.3, -0.25) is 0 Å². The largest absolute Gasteiger partial charge is 0.245 e. The molecule has 0 saturated carbocycles. The Labute approximate surface area is 322 Å². The minimum atomic E-state index is 0.664. The standard InChI is InChI=1S/C49H31N5S/c1-4-11-32(12-5-1)34-18-22-36(23-19-34)42-31-43(52-47(51-42)39-15-8-3-9-16-39)37-24-28-40(29-25-37)48-53-44(46-45(54-48)41-17-10-30-50-49(41)55-46)38-26-20-35(21-27-38)33-13-6-2-7-14-33/h1-31H. The Bertz CT molecular complexity index is 2930. The third kappa shape index (κ3) is 6.35. The quantitative estimate of drug-likeness (QED) is 0.164. The van der Waals surface area contributed by atoms with Crippen LogP contribution in [0.1, 0.15) is 0 Å². The van der Waals surface area contributed by atoms with Crippen molar-refractivity contribution in [3.8, 4) is 78.8 Å². The lowest BCUT2D eigenvalue weighted by atomic mass is 10.0. The molecule has 0 unspecified atom stereocenters. The van der Waals surface area contributed by atoms with Gasteiger partial charge in [-0.05, 0) is 40.5 Å². The Morgan fingerprint density at radius 3 is 1.35 bits per heavy atom. The molecule has 0 radical (unpaired) electrons. The van der Waals surface area contributed by atoms with Crippen LogP contribution >= 0.6 is 11.3 Å². The van der Waals surface area contributed by atoms with Crippen LogP contribution in [0.25, 0.3) is 99.2 Å². The van der Waals surface area contributed by atoms with Crippen molar-refractivity contribution in [3.63, 3.8) is 0 Å². The monoisotopic (exact) mass is 721 g/mol. The summed E-state index contributed by atoms with van der Waals surface area (Å²) < 4.78 is 1.03. The Hall–Kier alpha value is -7.15. The van der Waals surface area contributed by atoms with Crippen LogP contribution in [0.3, 0.4) is 0 Å². The molecule has 0 aliphatic heterocycles. The molecule has 10 aromatic rings. The van der Waals surface area contributed by atoms with Crippen LogP contribution < -0.4 is 0 Å². The lowest BCUT2D eigenvalue weighted by Crippen LogP contribution is -1.96. The van der Waals surface area contributed by atoms with Crippen molar-refractivity contribution in [2.24, 2.45) is 0 Å². The third-order valence-corrected chi connectivity index (χ3v) is 11.0. The topological polar surface area (TPSA) is 64.5 Å². The SMILES string of the molecule is c1ccc(-c2ccc(-c3cc(-c4ccc(-c5nc(-c6ccc(-c7ccccc7)cc6)c6sc7ncccc7c6n5)cc4)nc(-c4ccccc4)n3)cc2)cc1. The van der Waals surface area contributed by atoms with Gasteiger partial charge in [0.2, 0.25) is 0 Å². The first-order valence-electron chi connectivity index (χ1n) is 18.2. The first-order valence-corrected chi connectivity index (χ1v) is 19.0. The van der Waals surface area contributed by atoms with Crippen LogP contribution in [0.5, 0.6) is 0 Å². The van der Waals surface area contributed by atoms with Gasteiger partial charge in [0.25, 0.3) is 0 Å². The fourth-order valence-corrected chi connectivity index (χ4v) is 8.06. The van der Waals surface area contributed by atoms with Crippen LogP contribution in [0.15, 0.2) is 188 Å². The van der Waals surface area contributed by atoms with Crippen LogP contribution in [0, 0.1) is 0 Å². The summed E-state index contributed by atoms with van der Waals surface area (Å²) in [6.07, 6.45) is 1.83. The molecule has 0 spiro atoms. The molecule has 55 heavy (non-hydrogen) atoms. The van der Waals surface area contributed by atoms with E-state index in [9.17, 15) is 0 Å².